The molecular weight excluding hydrogens is 328 g/mol. The van der Waals surface area contributed by atoms with Gasteiger partial charge >= 0.3 is 5.97 Å². The lowest BCUT2D eigenvalue weighted by Gasteiger charge is -2.23. The first-order valence-electron chi connectivity index (χ1n) is 8.34. The van der Waals surface area contributed by atoms with E-state index >= 15 is 0 Å². The zero-order valence-electron chi connectivity index (χ0n) is 13.1. The second kappa shape index (κ2) is 5.87. The van der Waals surface area contributed by atoms with Crippen LogP contribution in [0.15, 0.2) is 0 Å². The van der Waals surface area contributed by atoms with Crippen LogP contribution in [0, 0.1) is 23.2 Å². The molecule has 0 radical (unpaired) electrons. The number of rotatable bonds is 3. The van der Waals surface area contributed by atoms with Crippen LogP contribution in [-0.2, 0) is 27.2 Å². The number of carbonyl (C=O) groups is 2. The molecule has 0 unspecified atom stereocenters. The molecule has 126 valence electrons. The monoisotopic (exact) mass is 346 g/mol. The molecule has 7 heteroatoms. The maximum Gasteiger partial charge on any atom is 0.310 e. The SMILES string of the molecule is N#Cc1c(NC(=O)[C@H]2[C@@H](C(=O)O)[C@H]3CC[C@@H]2O3)sc2c1CCCC2. The highest BCUT2D eigenvalue weighted by molar-refractivity contribution is 7.16. The van der Waals surface area contributed by atoms with Gasteiger partial charge in [0, 0.05) is 4.88 Å². The highest BCUT2D eigenvalue weighted by Crippen LogP contribution is 2.45. The van der Waals surface area contributed by atoms with E-state index in [1.165, 1.54) is 16.2 Å². The van der Waals surface area contributed by atoms with Crippen LogP contribution in [0.5, 0.6) is 0 Å². The number of aliphatic carboxylic acids is 1. The number of hydrogen-bond acceptors (Lipinski definition) is 5. The topological polar surface area (TPSA) is 99.4 Å². The van der Waals surface area contributed by atoms with Crippen molar-refractivity contribution in [1.82, 2.24) is 0 Å². The fraction of sp³-hybridized carbons (Fsp3) is 0.588. The van der Waals surface area contributed by atoms with E-state index in [1.807, 2.05) is 0 Å². The maximum atomic E-state index is 12.7. The van der Waals surface area contributed by atoms with Crippen LogP contribution in [0.25, 0.3) is 0 Å². The normalized spacial score (nSPS) is 30.6. The van der Waals surface area contributed by atoms with Crippen molar-refractivity contribution in [3.8, 4) is 6.07 Å². The number of nitrogens with zero attached hydrogens (tertiary/aromatic N) is 1. The van der Waals surface area contributed by atoms with Gasteiger partial charge in [-0.25, -0.2) is 0 Å². The molecule has 3 aliphatic rings. The first-order valence-corrected chi connectivity index (χ1v) is 9.15. The predicted octanol–water partition coefficient (Wildman–Crippen LogP) is 2.32. The Hall–Kier alpha value is -1.91. The largest absolute Gasteiger partial charge is 0.481 e. The molecule has 2 N–H and O–H groups in total. The lowest BCUT2D eigenvalue weighted by molar-refractivity contribution is -0.147. The first kappa shape index (κ1) is 15.6. The lowest BCUT2D eigenvalue weighted by atomic mass is 9.78. The van der Waals surface area contributed by atoms with Crippen LogP contribution in [0.3, 0.4) is 0 Å². The molecule has 2 fully saturated rings. The summed E-state index contributed by atoms with van der Waals surface area (Å²) in [7, 11) is 0. The van der Waals surface area contributed by atoms with Crippen molar-refractivity contribution >= 4 is 28.2 Å². The molecular formula is C17H18N2O4S. The minimum absolute atomic E-state index is 0.323. The van der Waals surface area contributed by atoms with E-state index in [-0.39, 0.29) is 18.1 Å². The van der Waals surface area contributed by atoms with Crippen LogP contribution in [-0.4, -0.2) is 29.2 Å². The molecule has 0 spiro atoms. The fourth-order valence-corrected chi connectivity index (χ4v) is 5.53. The molecule has 1 amide bonds. The van der Waals surface area contributed by atoms with E-state index in [1.54, 1.807) is 0 Å². The molecule has 1 aromatic rings. The molecule has 4 atom stereocenters. The summed E-state index contributed by atoms with van der Waals surface area (Å²) >= 11 is 1.46. The van der Waals surface area contributed by atoms with Gasteiger partial charge in [0.05, 0.1) is 29.6 Å². The standard InChI is InChI=1S/C17H18N2O4S/c18-7-9-8-3-1-2-4-12(8)24-16(9)19-15(20)13-10-5-6-11(23-10)14(13)17(21)22/h10-11,13-14H,1-6H2,(H,19,20)(H,21,22)/t10-,11+,13+,14-/m0/s1. The van der Waals surface area contributed by atoms with Gasteiger partial charge in [-0.15, -0.1) is 11.3 Å². The van der Waals surface area contributed by atoms with Crippen LogP contribution in [0.1, 0.15) is 41.7 Å². The number of anilines is 1. The third-order valence-electron chi connectivity index (χ3n) is 5.38. The Kier molecular flexibility index (Phi) is 3.82. The van der Waals surface area contributed by atoms with Crippen molar-refractivity contribution in [3.63, 3.8) is 0 Å². The number of carboxylic acids is 1. The van der Waals surface area contributed by atoms with E-state index in [2.05, 4.69) is 11.4 Å². The lowest BCUT2D eigenvalue weighted by Crippen LogP contribution is -2.40. The molecule has 2 aliphatic heterocycles. The smallest absolute Gasteiger partial charge is 0.310 e. The van der Waals surface area contributed by atoms with Crippen molar-refractivity contribution in [2.75, 3.05) is 5.32 Å². The maximum absolute atomic E-state index is 12.7. The van der Waals surface area contributed by atoms with Gasteiger partial charge < -0.3 is 15.2 Å². The van der Waals surface area contributed by atoms with Gasteiger partial charge in [-0.2, -0.15) is 5.26 Å². The van der Waals surface area contributed by atoms with Crippen LogP contribution in [0.4, 0.5) is 5.00 Å². The second-order valence-electron chi connectivity index (χ2n) is 6.70. The van der Waals surface area contributed by atoms with Gasteiger partial charge in [0.15, 0.2) is 0 Å². The molecule has 1 aliphatic carbocycles. The summed E-state index contributed by atoms with van der Waals surface area (Å²) in [5.74, 6) is -2.77. The minimum atomic E-state index is -0.978. The predicted molar refractivity (Wildman–Crippen MR) is 86.8 cm³/mol. The Morgan fingerprint density at radius 2 is 1.92 bits per heavy atom. The number of hydrogen-bond donors (Lipinski definition) is 2. The Balaban J connectivity index is 1.60. The van der Waals surface area contributed by atoms with Crippen LogP contribution >= 0.6 is 11.3 Å². The van der Waals surface area contributed by atoms with Crippen LogP contribution < -0.4 is 5.32 Å². The molecule has 24 heavy (non-hydrogen) atoms. The molecule has 6 nitrogen and oxygen atoms in total. The number of amides is 1. The molecule has 0 aromatic carbocycles. The molecule has 2 bridgehead atoms. The van der Waals surface area contributed by atoms with E-state index in [9.17, 15) is 20.0 Å². The minimum Gasteiger partial charge on any atom is -0.481 e. The number of carbonyl (C=O) groups excluding carboxylic acids is 1. The van der Waals surface area contributed by atoms with Crippen molar-refractivity contribution in [3.05, 3.63) is 16.0 Å². The summed E-state index contributed by atoms with van der Waals surface area (Å²) in [6.45, 7) is 0. The molecule has 0 saturated carbocycles. The summed E-state index contributed by atoms with van der Waals surface area (Å²) in [4.78, 5) is 25.4. The summed E-state index contributed by atoms with van der Waals surface area (Å²) < 4.78 is 5.65. The number of carboxylic acid groups (broad SMARTS) is 1. The number of ether oxygens (including phenoxy) is 1. The molecule has 4 rings (SSSR count). The Bertz CT molecular complexity index is 751. The zero-order valence-corrected chi connectivity index (χ0v) is 13.9. The highest BCUT2D eigenvalue weighted by Gasteiger charge is 2.55. The first-order chi connectivity index (χ1) is 11.6. The van der Waals surface area contributed by atoms with Crippen molar-refractivity contribution < 1.29 is 19.4 Å². The van der Waals surface area contributed by atoms with Gasteiger partial charge in [-0.05, 0) is 44.1 Å². The zero-order chi connectivity index (χ0) is 16.8. The Morgan fingerprint density at radius 3 is 2.62 bits per heavy atom. The van der Waals surface area contributed by atoms with Gasteiger partial charge in [-0.3, -0.25) is 9.59 Å². The second-order valence-corrected chi connectivity index (χ2v) is 7.80. The quantitative estimate of drug-likeness (QED) is 0.875. The third kappa shape index (κ3) is 2.33. The van der Waals surface area contributed by atoms with E-state index < -0.39 is 17.8 Å². The van der Waals surface area contributed by atoms with Crippen molar-refractivity contribution in [2.24, 2.45) is 11.8 Å². The van der Waals surface area contributed by atoms with Gasteiger partial charge in [0.25, 0.3) is 0 Å². The van der Waals surface area contributed by atoms with Gasteiger partial charge in [0.2, 0.25) is 5.91 Å². The Morgan fingerprint density at radius 1 is 1.21 bits per heavy atom. The fourth-order valence-electron chi connectivity index (χ4n) is 4.29. The number of nitrogens with one attached hydrogen (secondary N) is 1. The van der Waals surface area contributed by atoms with E-state index in [0.717, 1.165) is 37.7 Å². The number of thiophene rings is 1. The molecule has 3 heterocycles. The number of fused-ring (bicyclic) bond motifs is 3. The van der Waals surface area contributed by atoms with Crippen molar-refractivity contribution in [1.29, 1.82) is 5.26 Å². The number of aryl methyl sites for hydroxylation is 1. The summed E-state index contributed by atoms with van der Waals surface area (Å²) in [5.41, 5.74) is 1.61. The average Bonchev–Trinajstić information content (AvgIpc) is 3.26. The molecule has 1 aromatic heterocycles. The van der Waals surface area contributed by atoms with E-state index in [4.69, 9.17) is 4.74 Å². The molecule has 2 saturated heterocycles. The summed E-state index contributed by atoms with van der Waals surface area (Å²) in [6, 6.07) is 2.22. The summed E-state index contributed by atoms with van der Waals surface area (Å²) in [5, 5.41) is 22.3. The average molecular weight is 346 g/mol. The van der Waals surface area contributed by atoms with Gasteiger partial charge in [-0.1, -0.05) is 0 Å². The highest BCUT2D eigenvalue weighted by atomic mass is 32.1. The van der Waals surface area contributed by atoms with E-state index in [0.29, 0.717) is 17.0 Å². The summed E-state index contributed by atoms with van der Waals surface area (Å²) in [6.07, 6.45) is 4.71. The van der Waals surface area contributed by atoms with Crippen LogP contribution in [0.2, 0.25) is 0 Å². The van der Waals surface area contributed by atoms with Gasteiger partial charge in [0.1, 0.15) is 11.1 Å². The third-order valence-corrected chi connectivity index (χ3v) is 6.59. The number of nitriles is 1. The van der Waals surface area contributed by atoms with Crippen molar-refractivity contribution in [2.45, 2.75) is 50.7 Å². The Labute approximate surface area is 143 Å².